The van der Waals surface area contributed by atoms with Gasteiger partial charge in [0, 0.05) is 0 Å². The smallest absolute Gasteiger partial charge is 0.197 e. The maximum Gasteiger partial charge on any atom is 0.724 e. The molecule has 5 heavy (non-hydrogen) atoms. The van der Waals surface area contributed by atoms with Crippen molar-refractivity contribution in [2.75, 3.05) is 0 Å². The van der Waals surface area contributed by atoms with Crippen molar-refractivity contribution in [1.82, 2.24) is 0 Å². The Morgan fingerprint density at radius 1 is 1.00 bits per heavy atom. The molecule has 0 unspecified atom stereocenters. The van der Waals surface area contributed by atoms with Gasteiger partial charge in [-0.2, -0.15) is 13.5 Å². The Bertz CT molecular complexity index is 11.6. The van der Waals surface area contributed by atoms with E-state index in [9.17, 15) is 13.2 Å². The molecule has 0 spiro atoms. The van der Waals surface area contributed by atoms with Crippen LogP contribution in [-0.2, 0) is 0 Å². The first-order valence-corrected chi connectivity index (χ1v) is 0.567. The van der Waals surface area contributed by atoms with E-state index in [2.05, 4.69) is 0 Å². The van der Waals surface area contributed by atoms with Gasteiger partial charge < -0.3 is 0 Å². The second kappa shape index (κ2) is 4.01. The zero-order chi connectivity index (χ0) is 3.58. The largest absolute Gasteiger partial charge is 0.724 e. The summed E-state index contributed by atoms with van der Waals surface area (Å²) in [6.07, 6.45) is 0. The van der Waals surface area contributed by atoms with Gasteiger partial charge in [-0.15, -0.1) is 0 Å². The SMILES string of the molecule is F[C+](F)F.S. The van der Waals surface area contributed by atoms with Crippen molar-refractivity contribution < 1.29 is 13.2 Å². The van der Waals surface area contributed by atoms with E-state index in [1.165, 1.54) is 0 Å². The van der Waals surface area contributed by atoms with Crippen molar-refractivity contribution in [2.24, 2.45) is 0 Å². The second-order valence-electron chi connectivity index (χ2n) is 0.214. The molecule has 0 bridgehead atoms. The quantitative estimate of drug-likeness (QED) is 0.407. The molecule has 0 saturated carbocycles. The zero-order valence-electron chi connectivity index (χ0n) is 2.13. The molecule has 0 aliphatic rings. The van der Waals surface area contributed by atoms with Crippen LogP contribution in [0.2, 0.25) is 0 Å². The van der Waals surface area contributed by atoms with Crippen LogP contribution < -0.4 is 0 Å². The average Bonchev–Trinajstić information content (AvgIpc) is 0.811. The molecule has 0 aliphatic carbocycles. The van der Waals surface area contributed by atoms with Gasteiger partial charge in [-0.3, -0.25) is 0 Å². The highest BCUT2D eigenvalue weighted by atomic mass is 32.1. The fourth-order valence-electron chi connectivity index (χ4n) is 0. The van der Waals surface area contributed by atoms with Crippen LogP contribution in [0.1, 0.15) is 0 Å². The van der Waals surface area contributed by atoms with Crippen molar-refractivity contribution in [3.8, 4) is 0 Å². The number of hydrogen-bond donors (Lipinski definition) is 0. The summed E-state index contributed by atoms with van der Waals surface area (Å²) in [4.78, 5) is 0. The van der Waals surface area contributed by atoms with Crippen LogP contribution in [0.25, 0.3) is 0 Å². The van der Waals surface area contributed by atoms with Crippen LogP contribution in [-0.4, -0.2) is 0 Å². The highest BCUT2D eigenvalue weighted by Gasteiger charge is 2.17. The van der Waals surface area contributed by atoms with Crippen molar-refractivity contribution in [2.45, 2.75) is 0 Å². The molecular formula is CH2F3S+. The minimum Gasteiger partial charge on any atom is -0.197 e. The van der Waals surface area contributed by atoms with E-state index in [4.69, 9.17) is 0 Å². The van der Waals surface area contributed by atoms with Crippen LogP contribution in [0.4, 0.5) is 13.2 Å². The molecule has 0 N–H and O–H groups in total. The fourth-order valence-corrected chi connectivity index (χ4v) is 0. The molecule has 0 aromatic rings. The Morgan fingerprint density at radius 3 is 1.00 bits per heavy atom. The number of rotatable bonds is 0. The van der Waals surface area contributed by atoms with E-state index < -0.39 is 6.68 Å². The molecule has 0 atom stereocenters. The third-order valence-electron chi connectivity index (χ3n) is 0. The van der Waals surface area contributed by atoms with Crippen molar-refractivity contribution in [3.05, 3.63) is 6.68 Å². The van der Waals surface area contributed by atoms with Gasteiger partial charge in [0.1, 0.15) is 0 Å². The van der Waals surface area contributed by atoms with E-state index in [0.717, 1.165) is 0 Å². The lowest BCUT2D eigenvalue weighted by Crippen LogP contribution is -1.49. The van der Waals surface area contributed by atoms with Crippen LogP contribution in [0.3, 0.4) is 0 Å². The lowest BCUT2D eigenvalue weighted by Gasteiger charge is -1.35. The molecule has 0 fully saturated rings. The minimum absolute atomic E-state index is 0. The van der Waals surface area contributed by atoms with E-state index >= 15 is 0 Å². The first-order chi connectivity index (χ1) is 1.73. The maximum atomic E-state index is 9.58. The molecular weight excluding hydrogens is 101 g/mol. The summed E-state index contributed by atoms with van der Waals surface area (Å²) in [6.45, 7) is -3.08. The second-order valence-corrected chi connectivity index (χ2v) is 0.214. The monoisotopic (exact) mass is 103 g/mol. The van der Waals surface area contributed by atoms with Gasteiger partial charge in [0.05, 0.1) is 13.2 Å². The summed E-state index contributed by atoms with van der Waals surface area (Å²) >= 11 is 0. The van der Waals surface area contributed by atoms with Crippen LogP contribution in [0, 0.1) is 6.68 Å². The van der Waals surface area contributed by atoms with Gasteiger partial charge in [-0.25, -0.2) is 0 Å². The molecule has 0 heterocycles. The summed E-state index contributed by atoms with van der Waals surface area (Å²) in [6, 6.07) is 0. The van der Waals surface area contributed by atoms with E-state index in [0.29, 0.717) is 0 Å². The summed E-state index contributed by atoms with van der Waals surface area (Å²) in [5, 5.41) is 0. The molecule has 0 nitrogen and oxygen atoms in total. The van der Waals surface area contributed by atoms with Gasteiger partial charge in [0.2, 0.25) is 0 Å². The van der Waals surface area contributed by atoms with Crippen LogP contribution >= 0.6 is 13.5 Å². The molecule has 0 aromatic carbocycles. The third-order valence-corrected chi connectivity index (χ3v) is 0. The lowest BCUT2D eigenvalue weighted by atomic mass is 11.6. The van der Waals surface area contributed by atoms with Crippen molar-refractivity contribution in [3.63, 3.8) is 0 Å². The van der Waals surface area contributed by atoms with E-state index in [-0.39, 0.29) is 13.5 Å². The molecule has 0 rings (SSSR count). The van der Waals surface area contributed by atoms with Crippen LogP contribution in [0.15, 0.2) is 0 Å². The number of hydrogen-bond acceptors (Lipinski definition) is 0. The van der Waals surface area contributed by atoms with Gasteiger partial charge >= 0.3 is 6.68 Å². The summed E-state index contributed by atoms with van der Waals surface area (Å²) < 4.78 is 28.8. The van der Waals surface area contributed by atoms with E-state index in [1.807, 2.05) is 0 Å². The first-order valence-electron chi connectivity index (χ1n) is 0.567. The summed E-state index contributed by atoms with van der Waals surface area (Å²) in [5.41, 5.74) is 0. The predicted octanol–water partition coefficient (Wildman–Crippen LogP) is 1.45. The van der Waals surface area contributed by atoms with E-state index in [1.54, 1.807) is 0 Å². The Labute approximate surface area is 34.4 Å². The molecule has 0 radical (unpaired) electrons. The summed E-state index contributed by atoms with van der Waals surface area (Å²) in [5.74, 6) is 0. The summed E-state index contributed by atoms with van der Waals surface area (Å²) in [7, 11) is 0. The first kappa shape index (κ1) is 8.89. The maximum absolute atomic E-state index is 9.58. The van der Waals surface area contributed by atoms with Gasteiger partial charge in [-0.1, -0.05) is 0 Å². The Balaban J connectivity index is 0. The highest BCUT2D eigenvalue weighted by Crippen LogP contribution is 1.99. The Hall–Kier alpha value is 0.01000. The van der Waals surface area contributed by atoms with Gasteiger partial charge in [-0.05, 0) is 0 Å². The molecule has 0 aliphatic heterocycles. The normalized spacial score (nSPS) is 5.40. The Morgan fingerprint density at radius 2 is 1.00 bits per heavy atom. The molecule has 0 aromatic heterocycles. The van der Waals surface area contributed by atoms with Gasteiger partial charge in [0.15, 0.2) is 0 Å². The lowest BCUT2D eigenvalue weighted by molar-refractivity contribution is 0.142. The topological polar surface area (TPSA) is 0 Å². The highest BCUT2D eigenvalue weighted by molar-refractivity contribution is 7.59. The standard InChI is InChI=1S/CF3.H2S/c2-1(3)4;/h;1H2/q+1;. The van der Waals surface area contributed by atoms with Crippen LogP contribution in [0.5, 0.6) is 0 Å². The zero-order valence-corrected chi connectivity index (χ0v) is 3.13. The Kier molecular flexibility index (Phi) is 7.13. The number of halogens is 3. The average molecular weight is 103 g/mol. The molecule has 32 valence electrons. The molecule has 0 saturated heterocycles. The minimum atomic E-state index is -3.08. The predicted molar refractivity (Wildman–Crippen MR) is 16.9 cm³/mol. The fraction of sp³-hybridized carbons (Fsp3) is 0. The van der Waals surface area contributed by atoms with Crippen molar-refractivity contribution in [1.29, 1.82) is 0 Å². The third kappa shape index (κ3) is 162000. The van der Waals surface area contributed by atoms with Gasteiger partial charge in [0.25, 0.3) is 0 Å². The molecule has 0 amide bonds. The molecule has 4 heteroatoms. The van der Waals surface area contributed by atoms with Crippen molar-refractivity contribution >= 4 is 13.5 Å².